The van der Waals surface area contributed by atoms with E-state index in [0.717, 1.165) is 5.75 Å². The zero-order valence-electron chi connectivity index (χ0n) is 7.16. The third kappa shape index (κ3) is 3.02. The first-order valence-corrected chi connectivity index (χ1v) is 4.95. The molecule has 0 aliphatic heterocycles. The van der Waals surface area contributed by atoms with Crippen LogP contribution in [0.25, 0.3) is 0 Å². The maximum atomic E-state index is 5.27. The molecule has 0 aliphatic carbocycles. The highest BCUT2D eigenvalue weighted by atomic mass is 32.2. The van der Waals surface area contributed by atoms with Crippen LogP contribution in [0.15, 0.2) is 35.2 Å². The van der Waals surface area contributed by atoms with E-state index in [4.69, 9.17) is 6.42 Å². The van der Waals surface area contributed by atoms with E-state index in [2.05, 4.69) is 25.0 Å². The molecule has 0 aliphatic rings. The summed E-state index contributed by atoms with van der Waals surface area (Å²) < 4.78 is 0. The Morgan fingerprint density at radius 1 is 1.42 bits per heavy atom. The molecule has 0 fully saturated rings. The highest BCUT2D eigenvalue weighted by Gasteiger charge is 1.97. The standard InChI is InChI=1S/C11H12S/c1-3-10(2)9-12-11-7-5-4-6-8-11/h1,4-8,10H,9H2,2H3. The number of thioether (sulfide) groups is 1. The number of benzene rings is 1. The Balaban J connectivity index is 2.40. The predicted octanol–water partition coefficient (Wildman–Crippen LogP) is 3.05. The van der Waals surface area contributed by atoms with Crippen molar-refractivity contribution in [3.05, 3.63) is 30.3 Å². The van der Waals surface area contributed by atoms with Crippen molar-refractivity contribution in [2.45, 2.75) is 11.8 Å². The van der Waals surface area contributed by atoms with Gasteiger partial charge in [0.15, 0.2) is 0 Å². The Hall–Kier alpha value is -0.870. The maximum Gasteiger partial charge on any atom is 0.0266 e. The van der Waals surface area contributed by atoms with Gasteiger partial charge in [-0.2, -0.15) is 0 Å². The molecular formula is C11H12S. The second-order valence-electron chi connectivity index (χ2n) is 2.69. The third-order valence-corrected chi connectivity index (χ3v) is 2.80. The average Bonchev–Trinajstić information content (AvgIpc) is 2.16. The summed E-state index contributed by atoms with van der Waals surface area (Å²) in [5.74, 6) is 4.07. The summed E-state index contributed by atoms with van der Waals surface area (Å²) in [4.78, 5) is 1.29. The van der Waals surface area contributed by atoms with Crippen LogP contribution >= 0.6 is 11.8 Å². The van der Waals surface area contributed by atoms with Gasteiger partial charge in [-0.3, -0.25) is 0 Å². The summed E-state index contributed by atoms with van der Waals surface area (Å²) in [5.41, 5.74) is 0. The van der Waals surface area contributed by atoms with Crippen LogP contribution in [0.1, 0.15) is 6.92 Å². The van der Waals surface area contributed by atoms with Crippen molar-refractivity contribution in [3.63, 3.8) is 0 Å². The lowest BCUT2D eigenvalue weighted by atomic mass is 10.2. The van der Waals surface area contributed by atoms with Gasteiger partial charge in [-0.05, 0) is 12.1 Å². The van der Waals surface area contributed by atoms with Crippen LogP contribution in [0.5, 0.6) is 0 Å². The van der Waals surface area contributed by atoms with Crippen LogP contribution in [-0.2, 0) is 0 Å². The van der Waals surface area contributed by atoms with Gasteiger partial charge in [-0.25, -0.2) is 0 Å². The normalized spacial score (nSPS) is 12.0. The van der Waals surface area contributed by atoms with Crippen molar-refractivity contribution in [1.29, 1.82) is 0 Å². The second kappa shape index (κ2) is 4.90. The number of hydrogen-bond donors (Lipinski definition) is 0. The molecule has 0 bridgehead atoms. The summed E-state index contributed by atoms with van der Waals surface area (Å²) in [7, 11) is 0. The fraction of sp³-hybridized carbons (Fsp3) is 0.273. The van der Waals surface area contributed by atoms with Gasteiger partial charge in [0.05, 0.1) is 0 Å². The number of hydrogen-bond acceptors (Lipinski definition) is 1. The second-order valence-corrected chi connectivity index (χ2v) is 3.79. The largest absolute Gasteiger partial charge is 0.125 e. The molecule has 1 heteroatoms. The average molecular weight is 176 g/mol. The minimum Gasteiger partial charge on any atom is -0.125 e. The Morgan fingerprint density at radius 3 is 2.67 bits per heavy atom. The fourth-order valence-electron chi connectivity index (χ4n) is 0.786. The molecule has 1 atom stereocenters. The zero-order valence-corrected chi connectivity index (χ0v) is 7.97. The Morgan fingerprint density at radius 2 is 2.08 bits per heavy atom. The molecule has 0 saturated carbocycles. The smallest absolute Gasteiger partial charge is 0.0266 e. The van der Waals surface area contributed by atoms with Crippen molar-refractivity contribution >= 4 is 11.8 Å². The lowest BCUT2D eigenvalue weighted by Crippen LogP contribution is -1.92. The summed E-state index contributed by atoms with van der Waals surface area (Å²) in [5, 5.41) is 0. The van der Waals surface area contributed by atoms with E-state index in [1.165, 1.54) is 4.90 Å². The molecule has 0 radical (unpaired) electrons. The zero-order chi connectivity index (χ0) is 8.81. The van der Waals surface area contributed by atoms with Crippen LogP contribution in [-0.4, -0.2) is 5.75 Å². The molecule has 0 nitrogen and oxygen atoms in total. The van der Waals surface area contributed by atoms with E-state index in [9.17, 15) is 0 Å². The summed E-state index contributed by atoms with van der Waals surface area (Å²) >= 11 is 1.81. The van der Waals surface area contributed by atoms with E-state index in [1.807, 2.05) is 30.0 Å². The minimum absolute atomic E-state index is 0.357. The molecule has 0 amide bonds. The maximum absolute atomic E-state index is 5.27. The van der Waals surface area contributed by atoms with Gasteiger partial charge in [0.2, 0.25) is 0 Å². The van der Waals surface area contributed by atoms with Crippen molar-refractivity contribution < 1.29 is 0 Å². The van der Waals surface area contributed by atoms with Gasteiger partial charge in [-0.15, -0.1) is 24.1 Å². The van der Waals surface area contributed by atoms with Crippen molar-refractivity contribution in [2.75, 3.05) is 5.75 Å². The lowest BCUT2D eigenvalue weighted by Gasteiger charge is -2.02. The highest BCUT2D eigenvalue weighted by molar-refractivity contribution is 7.99. The SMILES string of the molecule is C#CC(C)CSc1ccccc1. The number of rotatable bonds is 3. The molecule has 0 saturated heterocycles. The van der Waals surface area contributed by atoms with E-state index in [1.54, 1.807) is 0 Å². The molecule has 1 rings (SSSR count). The van der Waals surface area contributed by atoms with Gasteiger partial charge >= 0.3 is 0 Å². The molecule has 0 heterocycles. The predicted molar refractivity (Wildman–Crippen MR) is 55.2 cm³/mol. The Labute approximate surface area is 78.4 Å². The minimum atomic E-state index is 0.357. The summed E-state index contributed by atoms with van der Waals surface area (Å²) in [6.07, 6.45) is 5.27. The van der Waals surface area contributed by atoms with E-state index >= 15 is 0 Å². The first-order valence-electron chi connectivity index (χ1n) is 3.97. The van der Waals surface area contributed by atoms with E-state index in [-0.39, 0.29) is 0 Å². The topological polar surface area (TPSA) is 0 Å². The van der Waals surface area contributed by atoms with Crippen molar-refractivity contribution in [2.24, 2.45) is 5.92 Å². The quantitative estimate of drug-likeness (QED) is 0.504. The third-order valence-electron chi connectivity index (χ3n) is 1.53. The van der Waals surface area contributed by atoms with Gasteiger partial charge in [0.25, 0.3) is 0 Å². The van der Waals surface area contributed by atoms with E-state index < -0.39 is 0 Å². The molecule has 1 aromatic rings. The molecule has 0 spiro atoms. The molecule has 0 aromatic heterocycles. The first kappa shape index (κ1) is 9.22. The van der Waals surface area contributed by atoms with E-state index in [0.29, 0.717) is 5.92 Å². The molecule has 62 valence electrons. The summed E-state index contributed by atoms with van der Waals surface area (Å²) in [6.45, 7) is 2.07. The Bertz CT molecular complexity index is 258. The molecule has 0 N–H and O–H groups in total. The molecule has 1 unspecified atom stereocenters. The lowest BCUT2D eigenvalue weighted by molar-refractivity contribution is 0.883. The molecule has 1 aromatic carbocycles. The van der Waals surface area contributed by atoms with Crippen LogP contribution in [0.3, 0.4) is 0 Å². The van der Waals surface area contributed by atoms with Gasteiger partial charge in [0, 0.05) is 16.6 Å². The fourth-order valence-corrected chi connectivity index (χ4v) is 1.67. The van der Waals surface area contributed by atoms with Crippen LogP contribution in [0.4, 0.5) is 0 Å². The van der Waals surface area contributed by atoms with Crippen molar-refractivity contribution in [3.8, 4) is 12.3 Å². The highest BCUT2D eigenvalue weighted by Crippen LogP contribution is 2.19. The summed E-state index contributed by atoms with van der Waals surface area (Å²) in [6, 6.07) is 10.3. The van der Waals surface area contributed by atoms with Gasteiger partial charge < -0.3 is 0 Å². The number of terminal acetylenes is 1. The molecule has 12 heavy (non-hydrogen) atoms. The van der Waals surface area contributed by atoms with Gasteiger partial charge in [0.1, 0.15) is 0 Å². The monoisotopic (exact) mass is 176 g/mol. The van der Waals surface area contributed by atoms with Gasteiger partial charge in [-0.1, -0.05) is 25.1 Å². The molecular weight excluding hydrogens is 164 g/mol. The van der Waals surface area contributed by atoms with Crippen molar-refractivity contribution in [1.82, 2.24) is 0 Å². The van der Waals surface area contributed by atoms with Crippen LogP contribution in [0.2, 0.25) is 0 Å². The first-order chi connectivity index (χ1) is 5.83. The van der Waals surface area contributed by atoms with Crippen LogP contribution < -0.4 is 0 Å². The van der Waals surface area contributed by atoms with Crippen LogP contribution in [0, 0.1) is 18.3 Å². The Kier molecular flexibility index (Phi) is 3.76.